The van der Waals surface area contributed by atoms with Gasteiger partial charge in [0.1, 0.15) is 0 Å². The third-order valence-corrected chi connectivity index (χ3v) is 8.49. The van der Waals surface area contributed by atoms with E-state index in [1.807, 2.05) is 0 Å². The number of hydrogen-bond donors (Lipinski definition) is 1. The van der Waals surface area contributed by atoms with Gasteiger partial charge in [0.25, 0.3) is 0 Å². The van der Waals surface area contributed by atoms with Gasteiger partial charge in [0.15, 0.2) is 5.79 Å². The molecule has 3 saturated heterocycles. The molecule has 1 spiro atoms. The number of β-amino-alcohol motifs (C(OH)–C–C–N with tert-alkyl or cyclic N) is 1. The van der Waals surface area contributed by atoms with Gasteiger partial charge >= 0.3 is 0 Å². The van der Waals surface area contributed by atoms with Crippen molar-refractivity contribution in [2.24, 2.45) is 5.41 Å². The van der Waals surface area contributed by atoms with E-state index in [2.05, 4.69) is 79.2 Å². The molecule has 3 aliphatic rings. The first-order valence-corrected chi connectivity index (χ1v) is 14.2. The number of ether oxygens (including phenoxy) is 3. The predicted octanol–water partition coefficient (Wildman–Crippen LogP) is 5.15. The monoisotopic (exact) mass is 512 g/mol. The predicted molar refractivity (Wildman–Crippen MR) is 144 cm³/mol. The topological polar surface area (TPSA) is 63.6 Å². The Morgan fingerprint density at radius 1 is 0.833 bits per heavy atom. The van der Waals surface area contributed by atoms with Gasteiger partial charge in [-0.05, 0) is 81.1 Å². The Balaban J connectivity index is 1.51. The van der Waals surface area contributed by atoms with Gasteiger partial charge in [-0.2, -0.15) is 5.06 Å². The van der Waals surface area contributed by atoms with Crippen molar-refractivity contribution in [3.8, 4) is 0 Å². The Kier molecular flexibility index (Phi) is 9.00. The molecule has 0 saturated carbocycles. The first kappa shape index (κ1) is 30.3. The molecule has 212 valence electrons. The third kappa shape index (κ3) is 6.83. The Hall–Kier alpha value is -0.280. The SMILES string of the molecule is CCCON1C(C)(C)CC2(CC1(C)C)OCC(C)(COCC(O)CN1C(C)(C)CCCC1(C)C)CO2. The number of nitrogens with zero attached hydrogens (tertiary/aromatic N) is 2. The molecule has 36 heavy (non-hydrogen) atoms. The summed E-state index contributed by atoms with van der Waals surface area (Å²) in [6.07, 6.45) is 5.54. The first-order chi connectivity index (χ1) is 16.5. The largest absolute Gasteiger partial charge is 0.389 e. The maximum atomic E-state index is 10.8. The number of rotatable bonds is 9. The maximum Gasteiger partial charge on any atom is 0.171 e. The van der Waals surface area contributed by atoms with Gasteiger partial charge in [-0.25, -0.2) is 0 Å². The smallest absolute Gasteiger partial charge is 0.171 e. The Labute approximate surface area is 221 Å². The zero-order valence-electron chi connectivity index (χ0n) is 25.0. The molecule has 3 aliphatic heterocycles. The summed E-state index contributed by atoms with van der Waals surface area (Å²) in [6, 6.07) is 0. The maximum absolute atomic E-state index is 10.8. The number of hydrogen-bond acceptors (Lipinski definition) is 7. The van der Waals surface area contributed by atoms with Gasteiger partial charge < -0.3 is 19.3 Å². The van der Waals surface area contributed by atoms with Gasteiger partial charge in [0, 0.05) is 47.0 Å². The lowest BCUT2D eigenvalue weighted by molar-refractivity contribution is -0.383. The Morgan fingerprint density at radius 2 is 1.36 bits per heavy atom. The van der Waals surface area contributed by atoms with Gasteiger partial charge in [0.05, 0.1) is 39.1 Å². The quantitative estimate of drug-likeness (QED) is 0.458. The highest BCUT2D eigenvalue weighted by Crippen LogP contribution is 2.48. The van der Waals surface area contributed by atoms with E-state index < -0.39 is 11.9 Å². The molecule has 0 aromatic heterocycles. The summed E-state index contributed by atoms with van der Waals surface area (Å²) in [5, 5.41) is 13.0. The van der Waals surface area contributed by atoms with E-state index in [9.17, 15) is 5.11 Å². The number of aliphatic hydroxyl groups excluding tert-OH is 1. The standard InChI is InChI=1S/C29H56N2O5/c1-11-15-36-31-26(6,7)18-29(19-27(31,8)9)34-21-28(10,22-35-29)20-33-17-23(32)16-30-24(2,3)13-12-14-25(30,4)5/h23,32H,11-22H2,1-10H3. The summed E-state index contributed by atoms with van der Waals surface area (Å²) in [7, 11) is 0. The van der Waals surface area contributed by atoms with Crippen molar-refractivity contribution >= 4 is 0 Å². The molecule has 1 N–H and O–H groups in total. The summed E-state index contributed by atoms with van der Waals surface area (Å²) in [5.74, 6) is -0.608. The minimum absolute atomic E-state index is 0.0901. The van der Waals surface area contributed by atoms with Crippen LogP contribution in [-0.2, 0) is 19.0 Å². The molecule has 3 rings (SSSR count). The van der Waals surface area contributed by atoms with Crippen LogP contribution in [0.1, 0.15) is 108 Å². The van der Waals surface area contributed by atoms with E-state index in [0.717, 1.165) is 38.7 Å². The molecule has 3 fully saturated rings. The van der Waals surface area contributed by atoms with Gasteiger partial charge in [0.2, 0.25) is 0 Å². The van der Waals surface area contributed by atoms with E-state index in [4.69, 9.17) is 19.0 Å². The summed E-state index contributed by atoms with van der Waals surface area (Å²) >= 11 is 0. The molecule has 3 heterocycles. The van der Waals surface area contributed by atoms with Crippen molar-refractivity contribution in [1.82, 2.24) is 9.96 Å². The van der Waals surface area contributed by atoms with Crippen LogP contribution in [-0.4, -0.2) is 88.7 Å². The van der Waals surface area contributed by atoms with Crippen LogP contribution in [0.5, 0.6) is 0 Å². The minimum Gasteiger partial charge on any atom is -0.389 e. The Bertz CT molecular complexity index is 691. The van der Waals surface area contributed by atoms with Crippen molar-refractivity contribution in [3.63, 3.8) is 0 Å². The van der Waals surface area contributed by atoms with Crippen LogP contribution in [0.3, 0.4) is 0 Å². The van der Waals surface area contributed by atoms with Crippen LogP contribution in [0.15, 0.2) is 0 Å². The van der Waals surface area contributed by atoms with Gasteiger partial charge in [-0.3, -0.25) is 9.74 Å². The van der Waals surface area contributed by atoms with E-state index in [0.29, 0.717) is 33.0 Å². The zero-order chi connectivity index (χ0) is 27.0. The van der Waals surface area contributed by atoms with Crippen LogP contribution < -0.4 is 0 Å². The molecular weight excluding hydrogens is 456 g/mol. The first-order valence-electron chi connectivity index (χ1n) is 14.2. The van der Waals surface area contributed by atoms with Crippen molar-refractivity contribution in [1.29, 1.82) is 0 Å². The summed E-state index contributed by atoms with van der Waals surface area (Å²) in [4.78, 5) is 8.64. The molecule has 0 aromatic carbocycles. The zero-order valence-corrected chi connectivity index (χ0v) is 25.0. The number of piperidine rings is 2. The van der Waals surface area contributed by atoms with Crippen molar-refractivity contribution in [3.05, 3.63) is 0 Å². The molecule has 7 heteroatoms. The van der Waals surface area contributed by atoms with Crippen LogP contribution in [0.25, 0.3) is 0 Å². The van der Waals surface area contributed by atoms with E-state index in [1.54, 1.807) is 0 Å². The minimum atomic E-state index is -0.608. The van der Waals surface area contributed by atoms with Crippen molar-refractivity contribution in [2.45, 2.75) is 142 Å². The number of likely N-dealkylation sites (tertiary alicyclic amines) is 1. The van der Waals surface area contributed by atoms with Crippen molar-refractivity contribution < 1.29 is 24.2 Å². The van der Waals surface area contributed by atoms with Crippen LogP contribution in [0.4, 0.5) is 0 Å². The highest BCUT2D eigenvalue weighted by Gasteiger charge is 2.57. The average molecular weight is 513 g/mol. The summed E-state index contributed by atoms with van der Waals surface area (Å²) in [5.41, 5.74) is -0.471. The average Bonchev–Trinajstić information content (AvgIpc) is 2.72. The fourth-order valence-corrected chi connectivity index (χ4v) is 7.10. The molecule has 1 unspecified atom stereocenters. The van der Waals surface area contributed by atoms with Gasteiger partial charge in [-0.1, -0.05) is 13.8 Å². The molecule has 0 radical (unpaired) electrons. The highest BCUT2D eigenvalue weighted by atomic mass is 16.7. The molecule has 0 amide bonds. The second-order valence-electron chi connectivity index (χ2n) is 14.7. The van der Waals surface area contributed by atoms with E-state index >= 15 is 0 Å². The number of hydroxylamine groups is 2. The molecule has 1 atom stereocenters. The fraction of sp³-hybridized carbons (Fsp3) is 1.00. The number of aliphatic hydroxyl groups is 1. The lowest BCUT2D eigenvalue weighted by Gasteiger charge is -2.59. The molecule has 0 aromatic rings. The summed E-state index contributed by atoms with van der Waals surface area (Å²) in [6.45, 7) is 25.6. The van der Waals surface area contributed by atoms with Gasteiger partial charge in [-0.15, -0.1) is 0 Å². The fourth-order valence-electron chi connectivity index (χ4n) is 7.10. The van der Waals surface area contributed by atoms with Crippen LogP contribution >= 0.6 is 0 Å². The molecule has 7 nitrogen and oxygen atoms in total. The molecule has 0 bridgehead atoms. The van der Waals surface area contributed by atoms with E-state index in [1.165, 1.54) is 6.42 Å². The summed E-state index contributed by atoms with van der Waals surface area (Å²) < 4.78 is 19.1. The highest BCUT2D eigenvalue weighted by molar-refractivity contribution is 5.03. The van der Waals surface area contributed by atoms with Crippen molar-refractivity contribution in [2.75, 3.05) is 39.6 Å². The second kappa shape index (κ2) is 10.7. The van der Waals surface area contributed by atoms with Crippen LogP contribution in [0.2, 0.25) is 0 Å². The lowest BCUT2D eigenvalue weighted by atomic mass is 9.77. The lowest BCUT2D eigenvalue weighted by Crippen LogP contribution is -2.68. The Morgan fingerprint density at radius 3 is 1.86 bits per heavy atom. The normalized spacial score (nSPS) is 29.8. The molecular formula is C29H56N2O5. The van der Waals surface area contributed by atoms with E-state index in [-0.39, 0.29) is 27.6 Å². The second-order valence-corrected chi connectivity index (χ2v) is 14.7. The van der Waals surface area contributed by atoms with Crippen LogP contribution in [0, 0.1) is 5.41 Å². The molecule has 0 aliphatic carbocycles. The third-order valence-electron chi connectivity index (χ3n) is 8.49.